The van der Waals surface area contributed by atoms with E-state index < -0.39 is 35.2 Å². The molecule has 1 atom stereocenters. The summed E-state index contributed by atoms with van der Waals surface area (Å²) < 4.78 is 65.4. The van der Waals surface area contributed by atoms with E-state index in [0.29, 0.717) is 11.3 Å². The van der Waals surface area contributed by atoms with E-state index in [0.717, 1.165) is 6.07 Å². The van der Waals surface area contributed by atoms with E-state index in [4.69, 9.17) is 14.6 Å². The average Bonchev–Trinajstić information content (AvgIpc) is 2.91. The zero-order chi connectivity index (χ0) is 17.4. The van der Waals surface area contributed by atoms with Crippen molar-refractivity contribution in [2.75, 3.05) is 14.2 Å². The average molecular weight is 352 g/mol. The highest BCUT2D eigenvalue weighted by Gasteiger charge is 2.39. The first kappa shape index (κ1) is 17.3. The van der Waals surface area contributed by atoms with E-state index in [9.17, 15) is 22.4 Å². The molecule has 0 fully saturated rings. The van der Waals surface area contributed by atoms with Gasteiger partial charge in [0.1, 0.15) is 0 Å². The molecule has 0 unspecified atom stereocenters. The van der Waals surface area contributed by atoms with Gasteiger partial charge in [0.05, 0.1) is 25.5 Å². The number of ether oxygens (including phenoxy) is 2. The maximum absolute atomic E-state index is 14.3. The van der Waals surface area contributed by atoms with Gasteiger partial charge in [-0.15, -0.1) is 11.3 Å². The molecule has 1 heterocycles. The van der Waals surface area contributed by atoms with E-state index in [-0.39, 0.29) is 21.6 Å². The number of hydrogen-bond acceptors (Lipinski definition) is 4. The Balaban J connectivity index is 2.51. The third kappa shape index (κ3) is 3.19. The van der Waals surface area contributed by atoms with Crippen LogP contribution in [0.15, 0.2) is 12.1 Å². The summed E-state index contributed by atoms with van der Waals surface area (Å²) in [5, 5.41) is 8.28. The van der Waals surface area contributed by atoms with Crippen molar-refractivity contribution in [1.29, 1.82) is 0 Å². The molecule has 1 aromatic carbocycles. The van der Waals surface area contributed by atoms with Crippen LogP contribution in [0.5, 0.6) is 11.5 Å². The van der Waals surface area contributed by atoms with Crippen molar-refractivity contribution in [1.82, 2.24) is 0 Å². The second-order valence-corrected chi connectivity index (χ2v) is 5.75. The van der Waals surface area contributed by atoms with Gasteiger partial charge in [-0.3, -0.25) is 0 Å². The molecule has 0 aliphatic carbocycles. The van der Waals surface area contributed by atoms with E-state index in [1.165, 1.54) is 20.3 Å². The van der Waals surface area contributed by atoms with Gasteiger partial charge in [-0.25, -0.2) is 22.4 Å². The summed E-state index contributed by atoms with van der Waals surface area (Å²) in [4.78, 5) is 9.77. The van der Waals surface area contributed by atoms with Crippen LogP contribution in [0.2, 0.25) is 0 Å². The molecular weight excluding hydrogens is 340 g/mol. The van der Waals surface area contributed by atoms with E-state index in [1.54, 1.807) is 0 Å². The number of hydrogen-bond donors (Lipinski definition) is 1. The first-order chi connectivity index (χ1) is 10.7. The van der Waals surface area contributed by atoms with E-state index in [2.05, 4.69) is 0 Å². The molecular formula is C14H12F4O4S. The molecule has 9 heteroatoms. The second-order valence-electron chi connectivity index (χ2n) is 4.66. The Morgan fingerprint density at radius 2 is 2.00 bits per heavy atom. The van der Waals surface area contributed by atoms with Crippen molar-refractivity contribution >= 4 is 27.4 Å². The number of methoxy groups -OCH3 is 2. The summed E-state index contributed by atoms with van der Waals surface area (Å²) in [6.45, 7) is 0. The van der Waals surface area contributed by atoms with Gasteiger partial charge < -0.3 is 14.6 Å². The van der Waals surface area contributed by atoms with Gasteiger partial charge in [-0.1, -0.05) is 0 Å². The largest absolute Gasteiger partial charge is 0.493 e. The minimum absolute atomic E-state index is 0.0307. The Hall–Kier alpha value is -2.03. The highest BCUT2D eigenvalue weighted by atomic mass is 32.1. The van der Waals surface area contributed by atoms with Crippen LogP contribution in [0.25, 0.3) is 10.1 Å². The SMILES string of the molecule is COc1cc2sc(C(F)(F)C[C@H](F)C(=O)O)cc2c(F)c1OC. The number of fused-ring (bicyclic) bond motifs is 1. The topological polar surface area (TPSA) is 55.8 Å². The number of benzene rings is 1. The molecule has 0 bridgehead atoms. The minimum atomic E-state index is -3.74. The Morgan fingerprint density at radius 1 is 1.35 bits per heavy atom. The zero-order valence-corrected chi connectivity index (χ0v) is 12.8. The third-order valence-electron chi connectivity index (χ3n) is 3.17. The van der Waals surface area contributed by atoms with Crippen LogP contribution in [0, 0.1) is 5.82 Å². The van der Waals surface area contributed by atoms with Gasteiger partial charge in [0.15, 0.2) is 17.3 Å². The Kier molecular flexibility index (Phi) is 4.69. The lowest BCUT2D eigenvalue weighted by atomic mass is 10.1. The summed E-state index contributed by atoms with van der Waals surface area (Å²) in [7, 11) is 2.47. The minimum Gasteiger partial charge on any atom is -0.493 e. The molecule has 0 amide bonds. The van der Waals surface area contributed by atoms with Crippen LogP contribution >= 0.6 is 11.3 Å². The van der Waals surface area contributed by atoms with Gasteiger partial charge in [-0.05, 0) is 6.07 Å². The van der Waals surface area contributed by atoms with Gasteiger partial charge >= 0.3 is 5.97 Å². The van der Waals surface area contributed by atoms with Crippen molar-refractivity contribution in [3.8, 4) is 11.5 Å². The van der Waals surface area contributed by atoms with Crippen molar-refractivity contribution < 1.29 is 36.9 Å². The number of carboxylic acid groups (broad SMARTS) is 1. The van der Waals surface area contributed by atoms with Crippen molar-refractivity contribution in [3.63, 3.8) is 0 Å². The third-order valence-corrected chi connectivity index (χ3v) is 4.36. The zero-order valence-electron chi connectivity index (χ0n) is 12.0. The summed E-state index contributed by atoms with van der Waals surface area (Å²) in [6.07, 6.45) is -4.24. The van der Waals surface area contributed by atoms with Gasteiger partial charge in [-0.2, -0.15) is 0 Å². The molecule has 0 aliphatic rings. The fourth-order valence-electron chi connectivity index (χ4n) is 2.03. The normalized spacial score (nSPS) is 13.1. The Morgan fingerprint density at radius 3 is 2.52 bits per heavy atom. The van der Waals surface area contributed by atoms with Crippen LogP contribution in [0.3, 0.4) is 0 Å². The molecule has 0 saturated heterocycles. The maximum Gasteiger partial charge on any atom is 0.338 e. The summed E-state index contributed by atoms with van der Waals surface area (Å²) in [5.74, 6) is -6.80. The quantitative estimate of drug-likeness (QED) is 0.800. The van der Waals surface area contributed by atoms with Crippen molar-refractivity contribution in [2.45, 2.75) is 18.5 Å². The fraction of sp³-hybridized carbons (Fsp3) is 0.357. The molecule has 23 heavy (non-hydrogen) atoms. The lowest BCUT2D eigenvalue weighted by Crippen LogP contribution is -2.24. The van der Waals surface area contributed by atoms with Crippen LogP contribution in [0.1, 0.15) is 11.3 Å². The van der Waals surface area contributed by atoms with Crippen LogP contribution in [-0.4, -0.2) is 31.5 Å². The molecule has 126 valence electrons. The van der Waals surface area contributed by atoms with Gasteiger partial charge in [0.2, 0.25) is 6.17 Å². The van der Waals surface area contributed by atoms with Crippen LogP contribution in [0.4, 0.5) is 17.6 Å². The number of halogens is 4. The standard InChI is InChI=1S/C14H12F4O4S/c1-21-8-4-9-6(11(16)12(8)22-2)3-10(23-9)14(17,18)5-7(15)13(19)20/h3-4,7H,5H2,1-2H3,(H,19,20)/t7-/m0/s1. The van der Waals surface area contributed by atoms with Crippen molar-refractivity contribution in [3.05, 3.63) is 22.8 Å². The number of rotatable bonds is 6. The molecule has 4 nitrogen and oxygen atoms in total. The lowest BCUT2D eigenvalue weighted by Gasteiger charge is -2.14. The van der Waals surface area contributed by atoms with E-state index in [1.807, 2.05) is 0 Å². The first-order valence-electron chi connectivity index (χ1n) is 6.30. The molecule has 1 aromatic heterocycles. The number of alkyl halides is 3. The first-order valence-corrected chi connectivity index (χ1v) is 7.12. The second kappa shape index (κ2) is 6.23. The summed E-state index contributed by atoms with van der Waals surface area (Å²) >= 11 is 0.536. The lowest BCUT2D eigenvalue weighted by molar-refractivity contribution is -0.147. The highest BCUT2D eigenvalue weighted by Crippen LogP contribution is 2.45. The molecule has 0 saturated carbocycles. The summed E-state index contributed by atoms with van der Waals surface area (Å²) in [6, 6.07) is 2.19. The Labute approximate surface area is 132 Å². The maximum atomic E-state index is 14.3. The monoisotopic (exact) mass is 352 g/mol. The predicted octanol–water partition coefficient (Wildman–Crippen LogP) is 3.96. The van der Waals surface area contributed by atoms with Crippen molar-refractivity contribution in [2.24, 2.45) is 0 Å². The molecule has 2 aromatic rings. The molecule has 0 aliphatic heterocycles. The highest BCUT2D eigenvalue weighted by molar-refractivity contribution is 7.19. The fourth-order valence-corrected chi connectivity index (χ4v) is 3.10. The number of carbonyl (C=O) groups is 1. The number of aliphatic carboxylic acids is 1. The molecule has 0 radical (unpaired) electrons. The Bertz CT molecular complexity index is 744. The molecule has 0 spiro atoms. The van der Waals surface area contributed by atoms with Gasteiger partial charge in [0.25, 0.3) is 5.92 Å². The van der Waals surface area contributed by atoms with E-state index >= 15 is 0 Å². The smallest absolute Gasteiger partial charge is 0.338 e. The number of carboxylic acids is 1. The van der Waals surface area contributed by atoms with Gasteiger partial charge in [0, 0.05) is 16.2 Å². The van der Waals surface area contributed by atoms with Crippen LogP contribution < -0.4 is 9.47 Å². The summed E-state index contributed by atoms with van der Waals surface area (Å²) in [5.41, 5.74) is 0. The van der Waals surface area contributed by atoms with Crippen LogP contribution in [-0.2, 0) is 10.7 Å². The molecule has 2 rings (SSSR count). The predicted molar refractivity (Wildman–Crippen MR) is 75.9 cm³/mol. The number of thiophene rings is 1. The molecule has 1 N–H and O–H groups in total.